The van der Waals surface area contributed by atoms with Crippen molar-refractivity contribution in [3.05, 3.63) is 82.7 Å². The molecule has 1 unspecified atom stereocenters. The molecule has 1 aliphatic heterocycles. The smallest absolute Gasteiger partial charge is 0.231 e. The molecule has 2 aromatic carbocycles. The van der Waals surface area contributed by atoms with Gasteiger partial charge in [0.15, 0.2) is 11.5 Å². The zero-order chi connectivity index (χ0) is 20.8. The zero-order valence-electron chi connectivity index (χ0n) is 17.0. The van der Waals surface area contributed by atoms with Crippen LogP contribution >= 0.6 is 0 Å². The Labute approximate surface area is 180 Å². The van der Waals surface area contributed by atoms with Crippen molar-refractivity contribution in [1.82, 2.24) is 10.2 Å². The normalized spacial score (nSPS) is 22.3. The number of allylic oxidation sites excluding steroid dienone is 1. The number of aromatic nitrogens is 2. The number of fused-ring (bicyclic) bond motifs is 2. The van der Waals surface area contributed by atoms with E-state index in [4.69, 9.17) is 9.47 Å². The summed E-state index contributed by atoms with van der Waals surface area (Å²) < 4.78 is 11.2. The topological polar surface area (TPSA) is 79.7 Å². The average molecular weight is 413 g/mol. The third-order valence-electron chi connectivity index (χ3n) is 6.89. The second-order valence-electron chi connectivity index (χ2n) is 8.49. The van der Waals surface area contributed by atoms with Crippen LogP contribution in [0.5, 0.6) is 11.5 Å². The van der Waals surface area contributed by atoms with Gasteiger partial charge in [0, 0.05) is 29.0 Å². The van der Waals surface area contributed by atoms with Crippen molar-refractivity contribution in [2.75, 3.05) is 6.79 Å². The lowest BCUT2D eigenvalue weighted by atomic mass is 9.68. The van der Waals surface area contributed by atoms with E-state index < -0.39 is 0 Å². The van der Waals surface area contributed by atoms with Crippen LogP contribution < -0.4 is 9.47 Å². The van der Waals surface area contributed by atoms with Gasteiger partial charge in [0.1, 0.15) is 11.4 Å². The first-order chi connectivity index (χ1) is 15.3. The van der Waals surface area contributed by atoms with E-state index >= 15 is 0 Å². The Balaban J connectivity index is 1.47. The largest absolute Gasteiger partial charge is 0.454 e. The molecule has 3 aromatic rings. The summed E-state index contributed by atoms with van der Waals surface area (Å²) in [5, 5.41) is 21.1. The highest BCUT2D eigenvalue weighted by atomic mass is 16.7. The summed E-state index contributed by atoms with van der Waals surface area (Å²) in [6.45, 7) is 0.255. The molecule has 0 amide bonds. The second kappa shape index (κ2) is 7.01. The molecule has 0 spiro atoms. The summed E-state index contributed by atoms with van der Waals surface area (Å²) in [5.74, 6) is 1.85. The number of aromatic amines is 1. The summed E-state index contributed by atoms with van der Waals surface area (Å²) in [5.41, 5.74) is 5.49. The van der Waals surface area contributed by atoms with Gasteiger partial charge < -0.3 is 14.7 Å². The molecule has 0 radical (unpaired) electrons. The van der Waals surface area contributed by atoms with Crippen LogP contribution in [0.1, 0.15) is 47.3 Å². The average Bonchev–Trinajstić information content (AvgIpc) is 3.42. The fraction of sp³-hybridized carbons (Fsp3) is 0.280. The SMILES string of the molecule is ON=C(c1n[nH]c2c1C=CC(c1ccccc1)(c1ccc3c(c1)OCO3)C2)C1CCC1. The number of benzene rings is 2. The fourth-order valence-electron chi connectivity index (χ4n) is 4.94. The minimum Gasteiger partial charge on any atom is -0.454 e. The van der Waals surface area contributed by atoms with Gasteiger partial charge in [0.05, 0.1) is 0 Å². The van der Waals surface area contributed by atoms with E-state index in [1.165, 1.54) is 12.0 Å². The van der Waals surface area contributed by atoms with Gasteiger partial charge >= 0.3 is 0 Å². The summed E-state index contributed by atoms with van der Waals surface area (Å²) in [6, 6.07) is 16.7. The van der Waals surface area contributed by atoms with E-state index in [9.17, 15) is 5.21 Å². The number of hydrogen-bond acceptors (Lipinski definition) is 5. The van der Waals surface area contributed by atoms with E-state index in [1.807, 2.05) is 12.1 Å². The van der Waals surface area contributed by atoms with Gasteiger partial charge in [0.25, 0.3) is 0 Å². The second-order valence-corrected chi connectivity index (χ2v) is 8.49. The molecule has 1 atom stereocenters. The van der Waals surface area contributed by atoms with Crippen molar-refractivity contribution in [3.8, 4) is 11.5 Å². The molecule has 3 aliphatic rings. The molecule has 2 N–H and O–H groups in total. The number of oxime groups is 1. The number of nitrogens with zero attached hydrogens (tertiary/aromatic N) is 2. The Morgan fingerprint density at radius 3 is 2.68 bits per heavy atom. The van der Waals surface area contributed by atoms with E-state index in [0.29, 0.717) is 11.6 Å². The van der Waals surface area contributed by atoms with Crippen LogP contribution in [-0.4, -0.2) is 27.9 Å². The highest BCUT2D eigenvalue weighted by molar-refractivity contribution is 6.04. The predicted octanol–water partition coefficient (Wildman–Crippen LogP) is 4.67. The molecule has 0 bridgehead atoms. The maximum atomic E-state index is 9.67. The number of hydrogen-bond donors (Lipinski definition) is 2. The number of rotatable bonds is 4. The Bertz CT molecular complexity index is 1190. The minimum atomic E-state index is -0.369. The molecule has 6 heteroatoms. The van der Waals surface area contributed by atoms with Crippen molar-refractivity contribution in [1.29, 1.82) is 0 Å². The molecule has 1 aromatic heterocycles. The van der Waals surface area contributed by atoms with Crippen LogP contribution in [0.3, 0.4) is 0 Å². The van der Waals surface area contributed by atoms with Crippen LogP contribution in [0.15, 0.2) is 59.8 Å². The summed E-state index contributed by atoms with van der Waals surface area (Å²) in [6.07, 6.45) is 8.37. The van der Waals surface area contributed by atoms with E-state index in [0.717, 1.165) is 53.3 Å². The zero-order valence-corrected chi connectivity index (χ0v) is 17.0. The number of nitrogens with one attached hydrogen (secondary N) is 1. The third kappa shape index (κ3) is 2.78. The van der Waals surface area contributed by atoms with E-state index in [-0.39, 0.29) is 12.2 Å². The van der Waals surface area contributed by atoms with Crippen LogP contribution in [0.4, 0.5) is 0 Å². The van der Waals surface area contributed by atoms with Crippen molar-refractivity contribution < 1.29 is 14.7 Å². The lowest BCUT2D eigenvalue weighted by Gasteiger charge is -2.34. The van der Waals surface area contributed by atoms with Gasteiger partial charge in [0.2, 0.25) is 6.79 Å². The quantitative estimate of drug-likeness (QED) is 0.370. The van der Waals surface area contributed by atoms with Crippen LogP contribution in [0, 0.1) is 5.92 Å². The molecule has 1 saturated carbocycles. The third-order valence-corrected chi connectivity index (χ3v) is 6.89. The Morgan fingerprint density at radius 1 is 1.06 bits per heavy atom. The standard InChI is InChI=1S/C25H23N3O3/c29-28-23(16-5-4-6-16)24-19-11-12-25(14-20(19)26-27-24,17-7-2-1-3-8-17)18-9-10-21-22(13-18)31-15-30-21/h1-3,7-13,16,29H,4-6,14-15H2,(H,26,27). The predicted molar refractivity (Wildman–Crippen MR) is 117 cm³/mol. The van der Waals surface area contributed by atoms with Crippen molar-refractivity contribution in [2.45, 2.75) is 31.1 Å². The molecule has 2 heterocycles. The lowest BCUT2D eigenvalue weighted by Crippen LogP contribution is -2.31. The molecule has 6 nitrogen and oxygen atoms in total. The first-order valence-electron chi connectivity index (χ1n) is 10.7. The summed E-state index contributed by atoms with van der Waals surface area (Å²) in [4.78, 5) is 0. The maximum Gasteiger partial charge on any atom is 0.231 e. The lowest BCUT2D eigenvalue weighted by molar-refractivity contribution is 0.174. The molecule has 156 valence electrons. The highest BCUT2D eigenvalue weighted by Gasteiger charge is 2.39. The van der Waals surface area contributed by atoms with Gasteiger partial charge in [-0.25, -0.2) is 0 Å². The van der Waals surface area contributed by atoms with Crippen molar-refractivity contribution >= 4 is 11.8 Å². The summed E-state index contributed by atoms with van der Waals surface area (Å²) in [7, 11) is 0. The van der Waals surface area contributed by atoms with E-state index in [1.54, 1.807) is 0 Å². The van der Waals surface area contributed by atoms with Crippen LogP contribution in [0.25, 0.3) is 6.08 Å². The fourth-order valence-corrected chi connectivity index (χ4v) is 4.94. The maximum absolute atomic E-state index is 9.67. The minimum absolute atomic E-state index is 0.255. The monoisotopic (exact) mass is 413 g/mol. The summed E-state index contributed by atoms with van der Waals surface area (Å²) >= 11 is 0. The van der Waals surface area contributed by atoms with Gasteiger partial charge in [-0.05, 0) is 36.1 Å². The Morgan fingerprint density at radius 2 is 1.90 bits per heavy atom. The molecule has 1 fully saturated rings. The first-order valence-corrected chi connectivity index (χ1v) is 10.7. The van der Waals surface area contributed by atoms with Gasteiger partial charge in [-0.15, -0.1) is 0 Å². The molecule has 6 rings (SSSR count). The molecular formula is C25H23N3O3. The van der Waals surface area contributed by atoms with Gasteiger partial charge in [-0.1, -0.05) is 60.1 Å². The van der Waals surface area contributed by atoms with Crippen molar-refractivity contribution in [2.24, 2.45) is 11.1 Å². The van der Waals surface area contributed by atoms with Crippen LogP contribution in [0.2, 0.25) is 0 Å². The highest BCUT2D eigenvalue weighted by Crippen LogP contribution is 2.45. The van der Waals surface area contributed by atoms with E-state index in [2.05, 4.69) is 63.9 Å². The number of ether oxygens (including phenoxy) is 2. The van der Waals surface area contributed by atoms with Gasteiger partial charge in [-0.2, -0.15) is 5.10 Å². The molecule has 2 aliphatic carbocycles. The van der Waals surface area contributed by atoms with Gasteiger partial charge in [-0.3, -0.25) is 5.10 Å². The molecule has 0 saturated heterocycles. The first kappa shape index (κ1) is 18.2. The molecular weight excluding hydrogens is 390 g/mol. The Kier molecular flexibility index (Phi) is 4.13. The van der Waals surface area contributed by atoms with Crippen molar-refractivity contribution in [3.63, 3.8) is 0 Å². The van der Waals surface area contributed by atoms with Crippen LogP contribution in [-0.2, 0) is 11.8 Å². The number of H-pyrrole nitrogens is 1. The Hall–Kier alpha value is -3.54. The molecule has 31 heavy (non-hydrogen) atoms.